The third-order valence-electron chi connectivity index (χ3n) is 3.49. The minimum Gasteiger partial charge on any atom is -0.497 e. The first kappa shape index (κ1) is 15.3. The minimum absolute atomic E-state index is 0.148. The highest BCUT2D eigenvalue weighted by molar-refractivity contribution is 5.44. The zero-order valence-electron chi connectivity index (χ0n) is 12.9. The summed E-state index contributed by atoms with van der Waals surface area (Å²) in [6, 6.07) is 10.4. The molecule has 1 unspecified atom stereocenters. The predicted molar refractivity (Wildman–Crippen MR) is 86.5 cm³/mol. The highest BCUT2D eigenvalue weighted by atomic mass is 16.5. The number of hydrogen-bond acceptors (Lipinski definition) is 4. The molecule has 0 fully saturated rings. The highest BCUT2D eigenvalue weighted by Crippen LogP contribution is 2.25. The smallest absolute Gasteiger partial charge is 0.128 e. The Kier molecular flexibility index (Phi) is 5.17. The maximum atomic E-state index is 6.05. The van der Waals surface area contributed by atoms with Crippen LogP contribution in [0.3, 0.4) is 0 Å². The molecule has 0 spiro atoms. The summed E-state index contributed by atoms with van der Waals surface area (Å²) in [4.78, 5) is 4.27. The minimum atomic E-state index is 0.148. The standard InChI is InChI=1S/C17H23N3O/c1-4-19-16(15-8-12(2)11-20-17(15)18)10-13-6-5-7-14(9-13)21-3/h5-9,11,16,19H,4,10H2,1-3H3,(H2,18,20). The van der Waals surface area contributed by atoms with Gasteiger partial charge in [-0.15, -0.1) is 0 Å². The topological polar surface area (TPSA) is 60.2 Å². The molecule has 3 N–H and O–H groups in total. The zero-order valence-corrected chi connectivity index (χ0v) is 12.9. The first-order chi connectivity index (χ1) is 10.1. The van der Waals surface area contributed by atoms with Gasteiger partial charge >= 0.3 is 0 Å². The summed E-state index contributed by atoms with van der Waals surface area (Å²) < 4.78 is 5.29. The van der Waals surface area contributed by atoms with Crippen LogP contribution in [0.2, 0.25) is 0 Å². The number of benzene rings is 1. The van der Waals surface area contributed by atoms with Crippen molar-refractivity contribution in [2.45, 2.75) is 26.3 Å². The number of nitrogen functional groups attached to an aromatic ring is 1. The Bertz CT molecular complexity index is 598. The largest absolute Gasteiger partial charge is 0.497 e. The number of anilines is 1. The van der Waals surface area contributed by atoms with Crippen molar-refractivity contribution in [3.63, 3.8) is 0 Å². The molecule has 4 nitrogen and oxygen atoms in total. The Balaban J connectivity index is 2.28. The molecular formula is C17H23N3O. The number of ether oxygens (including phenoxy) is 1. The number of likely N-dealkylation sites (N-methyl/N-ethyl adjacent to an activating group) is 1. The molecule has 2 aromatic rings. The van der Waals surface area contributed by atoms with E-state index in [1.165, 1.54) is 5.56 Å². The van der Waals surface area contributed by atoms with E-state index in [2.05, 4.69) is 35.4 Å². The molecule has 4 heteroatoms. The summed E-state index contributed by atoms with van der Waals surface area (Å²) in [5, 5.41) is 3.49. The molecule has 1 atom stereocenters. The Hall–Kier alpha value is -2.07. The van der Waals surface area contributed by atoms with Crippen LogP contribution >= 0.6 is 0 Å². The fourth-order valence-electron chi connectivity index (χ4n) is 2.46. The fraction of sp³-hybridized carbons (Fsp3) is 0.353. The van der Waals surface area contributed by atoms with Crippen LogP contribution in [-0.4, -0.2) is 18.6 Å². The van der Waals surface area contributed by atoms with E-state index in [1.807, 2.05) is 19.1 Å². The van der Waals surface area contributed by atoms with Gasteiger partial charge in [0.1, 0.15) is 11.6 Å². The molecule has 0 aliphatic heterocycles. The van der Waals surface area contributed by atoms with E-state index in [0.717, 1.165) is 29.8 Å². The second-order valence-electron chi connectivity index (χ2n) is 5.15. The van der Waals surface area contributed by atoms with Crippen molar-refractivity contribution in [3.8, 4) is 5.75 Å². The number of aromatic nitrogens is 1. The van der Waals surface area contributed by atoms with E-state index in [1.54, 1.807) is 13.3 Å². The third kappa shape index (κ3) is 3.95. The SMILES string of the molecule is CCNC(Cc1cccc(OC)c1)c1cc(C)cnc1N. The van der Waals surface area contributed by atoms with Crippen LogP contribution in [0.4, 0.5) is 5.82 Å². The Morgan fingerprint density at radius 2 is 2.14 bits per heavy atom. The molecular weight excluding hydrogens is 262 g/mol. The van der Waals surface area contributed by atoms with Crippen molar-refractivity contribution in [3.05, 3.63) is 53.2 Å². The van der Waals surface area contributed by atoms with E-state index in [4.69, 9.17) is 10.5 Å². The van der Waals surface area contributed by atoms with Gasteiger partial charge in [0.05, 0.1) is 7.11 Å². The van der Waals surface area contributed by atoms with E-state index in [-0.39, 0.29) is 6.04 Å². The summed E-state index contributed by atoms with van der Waals surface area (Å²) in [7, 11) is 1.68. The van der Waals surface area contributed by atoms with Gasteiger partial charge in [0.15, 0.2) is 0 Å². The van der Waals surface area contributed by atoms with Crippen LogP contribution in [0.15, 0.2) is 36.5 Å². The monoisotopic (exact) mass is 285 g/mol. The van der Waals surface area contributed by atoms with Gasteiger partial charge in [0.25, 0.3) is 0 Å². The number of rotatable bonds is 6. The molecule has 1 aromatic carbocycles. The summed E-state index contributed by atoms with van der Waals surface area (Å²) in [6.45, 7) is 5.00. The van der Waals surface area contributed by atoms with E-state index in [0.29, 0.717) is 5.82 Å². The van der Waals surface area contributed by atoms with Gasteiger partial charge in [-0.3, -0.25) is 0 Å². The lowest BCUT2D eigenvalue weighted by Crippen LogP contribution is -2.24. The molecule has 0 saturated heterocycles. The summed E-state index contributed by atoms with van der Waals surface area (Å²) in [6.07, 6.45) is 2.65. The lowest BCUT2D eigenvalue weighted by molar-refractivity contribution is 0.414. The summed E-state index contributed by atoms with van der Waals surface area (Å²) in [5.41, 5.74) is 9.44. The highest BCUT2D eigenvalue weighted by Gasteiger charge is 2.15. The van der Waals surface area contributed by atoms with Crippen LogP contribution in [0.1, 0.15) is 29.7 Å². The van der Waals surface area contributed by atoms with Gasteiger partial charge in [-0.25, -0.2) is 4.98 Å². The molecule has 21 heavy (non-hydrogen) atoms. The Labute approximate surface area is 126 Å². The zero-order chi connectivity index (χ0) is 15.2. The van der Waals surface area contributed by atoms with Crippen molar-refractivity contribution in [2.24, 2.45) is 0 Å². The molecule has 0 radical (unpaired) electrons. The van der Waals surface area contributed by atoms with Crippen molar-refractivity contribution >= 4 is 5.82 Å². The summed E-state index contributed by atoms with van der Waals surface area (Å²) in [5.74, 6) is 1.47. The normalized spacial score (nSPS) is 12.1. The number of nitrogens with zero attached hydrogens (tertiary/aromatic N) is 1. The third-order valence-corrected chi connectivity index (χ3v) is 3.49. The molecule has 1 heterocycles. The van der Waals surface area contributed by atoms with Crippen LogP contribution in [0.5, 0.6) is 5.75 Å². The van der Waals surface area contributed by atoms with Crippen LogP contribution in [0, 0.1) is 6.92 Å². The molecule has 112 valence electrons. The number of pyridine rings is 1. The molecule has 0 bridgehead atoms. The number of hydrogen-bond donors (Lipinski definition) is 2. The number of nitrogens with one attached hydrogen (secondary N) is 1. The van der Waals surface area contributed by atoms with Crippen molar-refractivity contribution in [2.75, 3.05) is 19.4 Å². The van der Waals surface area contributed by atoms with Gasteiger partial charge < -0.3 is 15.8 Å². The molecule has 0 aliphatic carbocycles. The van der Waals surface area contributed by atoms with Crippen molar-refractivity contribution in [1.29, 1.82) is 0 Å². The van der Waals surface area contributed by atoms with Crippen LogP contribution in [-0.2, 0) is 6.42 Å². The molecule has 0 saturated carbocycles. The van der Waals surface area contributed by atoms with Crippen LogP contribution < -0.4 is 15.8 Å². The average Bonchev–Trinajstić information content (AvgIpc) is 2.49. The number of aryl methyl sites for hydroxylation is 1. The van der Waals surface area contributed by atoms with Gasteiger partial charge in [0, 0.05) is 17.8 Å². The molecule has 1 aromatic heterocycles. The van der Waals surface area contributed by atoms with Gasteiger partial charge in [-0.2, -0.15) is 0 Å². The maximum absolute atomic E-state index is 6.05. The van der Waals surface area contributed by atoms with Gasteiger partial charge in [0.2, 0.25) is 0 Å². The first-order valence-corrected chi connectivity index (χ1v) is 7.22. The second-order valence-corrected chi connectivity index (χ2v) is 5.15. The van der Waals surface area contributed by atoms with Crippen molar-refractivity contribution < 1.29 is 4.74 Å². The maximum Gasteiger partial charge on any atom is 0.128 e. The Morgan fingerprint density at radius 3 is 2.86 bits per heavy atom. The molecule has 2 rings (SSSR count). The fourth-order valence-corrected chi connectivity index (χ4v) is 2.46. The first-order valence-electron chi connectivity index (χ1n) is 7.22. The lowest BCUT2D eigenvalue weighted by atomic mass is 9.98. The molecule has 0 aliphatic rings. The average molecular weight is 285 g/mol. The number of nitrogens with two attached hydrogens (primary N) is 1. The van der Waals surface area contributed by atoms with Crippen LogP contribution in [0.25, 0.3) is 0 Å². The quantitative estimate of drug-likeness (QED) is 0.857. The van der Waals surface area contributed by atoms with Gasteiger partial charge in [-0.05, 0) is 49.2 Å². The van der Waals surface area contributed by atoms with E-state index in [9.17, 15) is 0 Å². The molecule has 0 amide bonds. The van der Waals surface area contributed by atoms with Crippen molar-refractivity contribution in [1.82, 2.24) is 10.3 Å². The van der Waals surface area contributed by atoms with Gasteiger partial charge in [-0.1, -0.05) is 19.1 Å². The number of methoxy groups -OCH3 is 1. The lowest BCUT2D eigenvalue weighted by Gasteiger charge is -2.20. The summed E-state index contributed by atoms with van der Waals surface area (Å²) >= 11 is 0. The van der Waals surface area contributed by atoms with E-state index < -0.39 is 0 Å². The Morgan fingerprint density at radius 1 is 1.33 bits per heavy atom. The second kappa shape index (κ2) is 7.09. The van der Waals surface area contributed by atoms with E-state index >= 15 is 0 Å². The predicted octanol–water partition coefficient (Wildman–Crippen LogP) is 2.87.